The van der Waals surface area contributed by atoms with Gasteiger partial charge in [0.05, 0.1) is 5.69 Å². The number of nitrogens with zero attached hydrogens (tertiary/aromatic N) is 3. The summed E-state index contributed by atoms with van der Waals surface area (Å²) < 4.78 is 5.23. The second kappa shape index (κ2) is 9.02. The lowest BCUT2D eigenvalue weighted by atomic mass is 10.1. The summed E-state index contributed by atoms with van der Waals surface area (Å²) in [5, 5.41) is 4.01. The van der Waals surface area contributed by atoms with Crippen molar-refractivity contribution in [3.63, 3.8) is 0 Å². The van der Waals surface area contributed by atoms with Gasteiger partial charge in [0.25, 0.3) is 0 Å². The largest absolute Gasteiger partial charge is 0.361 e. The third-order valence-electron chi connectivity index (χ3n) is 4.76. The number of carbonyl (C=O) groups is 1. The van der Waals surface area contributed by atoms with E-state index in [-0.39, 0.29) is 18.3 Å². The van der Waals surface area contributed by atoms with E-state index in [1.165, 1.54) is 11.1 Å². The summed E-state index contributed by atoms with van der Waals surface area (Å²) in [6, 6.07) is 10.2. The van der Waals surface area contributed by atoms with Crippen LogP contribution in [0.25, 0.3) is 0 Å². The Balaban J connectivity index is 0.00000225. The summed E-state index contributed by atoms with van der Waals surface area (Å²) in [7, 11) is 0. The highest BCUT2D eigenvalue weighted by molar-refractivity contribution is 5.85. The summed E-state index contributed by atoms with van der Waals surface area (Å²) in [5.74, 6) is 1.16. The first-order chi connectivity index (χ1) is 11.6. The molecular formula is C19H26ClN3O2. The van der Waals surface area contributed by atoms with Crippen LogP contribution in [0.2, 0.25) is 0 Å². The van der Waals surface area contributed by atoms with Crippen molar-refractivity contribution in [2.24, 2.45) is 0 Å². The molecule has 1 amide bonds. The average molecular weight is 364 g/mol. The maximum absolute atomic E-state index is 12.4. The fourth-order valence-corrected chi connectivity index (χ4v) is 3.16. The Kier molecular flexibility index (Phi) is 7.02. The minimum absolute atomic E-state index is 0. The molecule has 0 atom stereocenters. The number of hydrogen-bond acceptors (Lipinski definition) is 4. The van der Waals surface area contributed by atoms with Gasteiger partial charge in [-0.1, -0.05) is 35.5 Å². The molecule has 1 aliphatic rings. The van der Waals surface area contributed by atoms with Crippen LogP contribution in [-0.4, -0.2) is 47.0 Å². The van der Waals surface area contributed by atoms with E-state index in [1.807, 2.05) is 36.9 Å². The van der Waals surface area contributed by atoms with Crippen LogP contribution in [0.5, 0.6) is 0 Å². The van der Waals surface area contributed by atoms with E-state index in [2.05, 4.69) is 22.2 Å². The normalized spacial score (nSPS) is 15.0. The van der Waals surface area contributed by atoms with Gasteiger partial charge in [-0.2, -0.15) is 0 Å². The van der Waals surface area contributed by atoms with Crippen LogP contribution < -0.4 is 0 Å². The molecule has 2 aromatic rings. The molecule has 1 fully saturated rings. The SMILES string of the molecule is Cc1noc(C)c1CN1CCN(C(=O)CCc2ccccc2)CC1.Cl. The predicted molar refractivity (Wildman–Crippen MR) is 99.8 cm³/mol. The van der Waals surface area contributed by atoms with E-state index in [0.717, 1.165) is 50.6 Å². The third kappa shape index (κ3) is 5.06. The number of aryl methyl sites for hydroxylation is 3. The number of benzene rings is 1. The van der Waals surface area contributed by atoms with Crippen LogP contribution in [0.4, 0.5) is 0 Å². The predicted octanol–water partition coefficient (Wildman–Crippen LogP) is 2.99. The van der Waals surface area contributed by atoms with Gasteiger partial charge in [0.2, 0.25) is 5.91 Å². The Bertz CT molecular complexity index is 660. The third-order valence-corrected chi connectivity index (χ3v) is 4.76. The molecule has 1 aromatic carbocycles. The van der Waals surface area contributed by atoms with Crippen molar-refractivity contribution in [2.45, 2.75) is 33.2 Å². The summed E-state index contributed by atoms with van der Waals surface area (Å²) in [6.07, 6.45) is 1.41. The van der Waals surface area contributed by atoms with E-state index in [0.29, 0.717) is 6.42 Å². The quantitative estimate of drug-likeness (QED) is 0.819. The molecule has 2 heterocycles. The van der Waals surface area contributed by atoms with Crippen molar-refractivity contribution in [1.82, 2.24) is 15.0 Å². The van der Waals surface area contributed by atoms with E-state index in [4.69, 9.17) is 4.52 Å². The lowest BCUT2D eigenvalue weighted by molar-refractivity contribution is -0.133. The van der Waals surface area contributed by atoms with Gasteiger partial charge in [-0.25, -0.2) is 0 Å². The monoisotopic (exact) mass is 363 g/mol. The minimum Gasteiger partial charge on any atom is -0.361 e. The van der Waals surface area contributed by atoms with E-state index in [9.17, 15) is 4.79 Å². The number of carbonyl (C=O) groups excluding carboxylic acids is 1. The molecule has 0 saturated carbocycles. The molecule has 0 unspecified atom stereocenters. The molecule has 0 spiro atoms. The lowest BCUT2D eigenvalue weighted by Crippen LogP contribution is -2.48. The van der Waals surface area contributed by atoms with E-state index < -0.39 is 0 Å². The number of aromatic nitrogens is 1. The maximum atomic E-state index is 12.4. The summed E-state index contributed by atoms with van der Waals surface area (Å²) in [5.41, 5.74) is 3.37. The molecule has 0 N–H and O–H groups in total. The van der Waals surface area contributed by atoms with E-state index >= 15 is 0 Å². The standard InChI is InChI=1S/C19H25N3O2.ClH/c1-15-18(16(2)24-20-15)14-21-10-12-22(13-11-21)19(23)9-8-17-6-4-3-5-7-17;/h3-7H,8-14H2,1-2H3;1H. The zero-order valence-corrected chi connectivity index (χ0v) is 15.7. The Hall–Kier alpha value is -1.85. The summed E-state index contributed by atoms with van der Waals surface area (Å²) >= 11 is 0. The zero-order valence-electron chi connectivity index (χ0n) is 14.9. The van der Waals surface area contributed by atoms with Crippen molar-refractivity contribution >= 4 is 18.3 Å². The van der Waals surface area contributed by atoms with Gasteiger partial charge in [-0.05, 0) is 25.8 Å². The van der Waals surface area contributed by atoms with Gasteiger partial charge in [-0.3, -0.25) is 9.69 Å². The molecular weight excluding hydrogens is 338 g/mol. The highest BCUT2D eigenvalue weighted by Gasteiger charge is 2.22. The zero-order chi connectivity index (χ0) is 16.9. The molecule has 1 aliphatic heterocycles. The van der Waals surface area contributed by atoms with Crippen molar-refractivity contribution in [3.05, 3.63) is 52.9 Å². The van der Waals surface area contributed by atoms with Crippen molar-refractivity contribution in [1.29, 1.82) is 0 Å². The van der Waals surface area contributed by atoms with Crippen LogP contribution in [0.15, 0.2) is 34.9 Å². The highest BCUT2D eigenvalue weighted by atomic mass is 35.5. The van der Waals surface area contributed by atoms with Gasteiger partial charge in [0, 0.05) is 44.7 Å². The van der Waals surface area contributed by atoms with Gasteiger partial charge in [0.15, 0.2) is 0 Å². The van der Waals surface area contributed by atoms with Gasteiger partial charge in [0.1, 0.15) is 5.76 Å². The molecule has 0 bridgehead atoms. The highest BCUT2D eigenvalue weighted by Crippen LogP contribution is 2.16. The first-order valence-corrected chi connectivity index (χ1v) is 8.59. The van der Waals surface area contributed by atoms with Crippen LogP contribution in [0.1, 0.15) is 29.0 Å². The number of piperazine rings is 1. The lowest BCUT2D eigenvalue weighted by Gasteiger charge is -2.34. The number of amides is 1. The van der Waals surface area contributed by atoms with Crippen LogP contribution >= 0.6 is 12.4 Å². The Morgan fingerprint density at radius 2 is 1.80 bits per heavy atom. The number of rotatable bonds is 5. The molecule has 6 heteroatoms. The Morgan fingerprint density at radius 3 is 2.40 bits per heavy atom. The average Bonchev–Trinajstić information content (AvgIpc) is 2.93. The first-order valence-electron chi connectivity index (χ1n) is 8.59. The second-order valence-corrected chi connectivity index (χ2v) is 6.45. The van der Waals surface area contributed by atoms with Gasteiger partial charge in [-0.15, -0.1) is 12.4 Å². The molecule has 1 aromatic heterocycles. The molecule has 5 nitrogen and oxygen atoms in total. The Morgan fingerprint density at radius 1 is 1.12 bits per heavy atom. The van der Waals surface area contributed by atoms with Crippen LogP contribution in [-0.2, 0) is 17.8 Å². The molecule has 0 aliphatic carbocycles. The number of hydrogen-bond donors (Lipinski definition) is 0. The first kappa shape index (κ1) is 19.5. The van der Waals surface area contributed by atoms with Gasteiger partial charge < -0.3 is 9.42 Å². The van der Waals surface area contributed by atoms with E-state index in [1.54, 1.807) is 0 Å². The fourth-order valence-electron chi connectivity index (χ4n) is 3.16. The molecule has 1 saturated heterocycles. The fraction of sp³-hybridized carbons (Fsp3) is 0.474. The topological polar surface area (TPSA) is 49.6 Å². The van der Waals surface area contributed by atoms with Gasteiger partial charge >= 0.3 is 0 Å². The Labute approximate surface area is 155 Å². The maximum Gasteiger partial charge on any atom is 0.222 e. The van der Waals surface area contributed by atoms with Crippen molar-refractivity contribution in [2.75, 3.05) is 26.2 Å². The minimum atomic E-state index is 0. The van der Waals surface area contributed by atoms with Crippen LogP contribution in [0, 0.1) is 13.8 Å². The summed E-state index contributed by atoms with van der Waals surface area (Å²) in [6.45, 7) is 8.21. The summed E-state index contributed by atoms with van der Waals surface area (Å²) in [4.78, 5) is 16.7. The smallest absolute Gasteiger partial charge is 0.222 e. The molecule has 25 heavy (non-hydrogen) atoms. The van der Waals surface area contributed by atoms with Crippen molar-refractivity contribution in [3.8, 4) is 0 Å². The molecule has 3 rings (SSSR count). The number of halogens is 1. The molecule has 136 valence electrons. The van der Waals surface area contributed by atoms with Crippen molar-refractivity contribution < 1.29 is 9.32 Å². The second-order valence-electron chi connectivity index (χ2n) is 6.45. The van der Waals surface area contributed by atoms with Crippen LogP contribution in [0.3, 0.4) is 0 Å². The molecule has 0 radical (unpaired) electrons.